The third-order valence-corrected chi connectivity index (χ3v) is 4.16. The number of nitrogen functional groups attached to an aromatic ring is 1. The van der Waals surface area contributed by atoms with E-state index in [-0.39, 0.29) is 5.69 Å². The fraction of sp³-hybridized carbons (Fsp3) is 0.167. The second-order valence-corrected chi connectivity index (χ2v) is 6.50. The number of nitrogens with two attached hydrogens (primary N) is 1. The van der Waals surface area contributed by atoms with E-state index in [1.165, 1.54) is 17.0 Å². The first-order chi connectivity index (χ1) is 9.04. The Labute approximate surface area is 122 Å². The number of thiophene rings is 1. The predicted molar refractivity (Wildman–Crippen MR) is 81.7 cm³/mol. The number of non-ortho nitro benzene ring substituents is 1. The first kappa shape index (κ1) is 13.8. The van der Waals surface area contributed by atoms with Gasteiger partial charge in [0, 0.05) is 34.9 Å². The Balaban J connectivity index is 1.97. The Morgan fingerprint density at radius 1 is 1.37 bits per heavy atom. The van der Waals surface area contributed by atoms with E-state index in [1.54, 1.807) is 17.4 Å². The smallest absolute Gasteiger partial charge is 0.273 e. The van der Waals surface area contributed by atoms with Crippen molar-refractivity contribution in [2.24, 2.45) is 0 Å². The third kappa shape index (κ3) is 3.93. The average molecular weight is 342 g/mol. The highest BCUT2D eigenvalue weighted by Crippen LogP contribution is 2.24. The van der Waals surface area contributed by atoms with Gasteiger partial charge in [0.05, 0.1) is 8.71 Å². The van der Waals surface area contributed by atoms with Crippen LogP contribution in [0, 0.1) is 10.1 Å². The molecular formula is C12H12BrN3O2S. The largest absolute Gasteiger partial charge is 0.398 e. The maximum absolute atomic E-state index is 10.7. The van der Waals surface area contributed by atoms with Gasteiger partial charge in [-0.2, -0.15) is 0 Å². The second kappa shape index (κ2) is 6.03. The lowest BCUT2D eigenvalue weighted by Gasteiger charge is -2.06. The van der Waals surface area contributed by atoms with Gasteiger partial charge in [0.15, 0.2) is 0 Å². The molecule has 1 heterocycles. The van der Waals surface area contributed by atoms with Gasteiger partial charge in [0.2, 0.25) is 0 Å². The predicted octanol–water partition coefficient (Wildman–Crippen LogP) is 3.66. The first-order valence-electron chi connectivity index (χ1n) is 5.57. The Kier molecular flexibility index (Phi) is 4.39. The lowest BCUT2D eigenvalue weighted by molar-refractivity contribution is -0.384. The number of nitrogens with one attached hydrogen (secondary N) is 1. The summed E-state index contributed by atoms with van der Waals surface area (Å²) in [5, 5.41) is 13.9. The van der Waals surface area contributed by atoms with Crippen molar-refractivity contribution < 1.29 is 4.92 Å². The summed E-state index contributed by atoms with van der Waals surface area (Å²) in [7, 11) is 0. The van der Waals surface area contributed by atoms with Gasteiger partial charge in [0.25, 0.3) is 5.69 Å². The van der Waals surface area contributed by atoms with Crippen LogP contribution in [0.1, 0.15) is 4.88 Å². The number of nitro groups is 1. The van der Waals surface area contributed by atoms with Crippen molar-refractivity contribution in [2.45, 2.75) is 6.42 Å². The number of hydrogen-bond acceptors (Lipinski definition) is 5. The van der Waals surface area contributed by atoms with Gasteiger partial charge in [-0.1, -0.05) is 0 Å². The second-order valence-electron chi connectivity index (χ2n) is 3.95. The van der Waals surface area contributed by atoms with E-state index in [4.69, 9.17) is 5.73 Å². The highest BCUT2D eigenvalue weighted by atomic mass is 79.9. The van der Waals surface area contributed by atoms with Crippen molar-refractivity contribution in [3.63, 3.8) is 0 Å². The minimum atomic E-state index is -0.447. The molecule has 100 valence electrons. The molecule has 0 bridgehead atoms. The van der Waals surface area contributed by atoms with E-state index in [1.807, 2.05) is 6.07 Å². The summed E-state index contributed by atoms with van der Waals surface area (Å²) in [6, 6.07) is 8.59. The molecule has 0 aliphatic heterocycles. The zero-order valence-corrected chi connectivity index (χ0v) is 12.3. The van der Waals surface area contributed by atoms with Crippen molar-refractivity contribution >= 4 is 44.3 Å². The Morgan fingerprint density at radius 3 is 2.79 bits per heavy atom. The van der Waals surface area contributed by atoms with Gasteiger partial charge < -0.3 is 11.1 Å². The lowest BCUT2D eigenvalue weighted by atomic mass is 10.2. The standard InChI is InChI=1S/C12H12BrN3O2S/c13-12-2-1-11(19-12)3-4-15-9-5-8(14)6-10(7-9)16(17)18/h1-2,5-7,15H,3-4,14H2. The summed E-state index contributed by atoms with van der Waals surface area (Å²) >= 11 is 5.09. The van der Waals surface area contributed by atoms with Crippen LogP contribution in [-0.4, -0.2) is 11.5 Å². The van der Waals surface area contributed by atoms with Crippen molar-refractivity contribution in [1.29, 1.82) is 0 Å². The fourth-order valence-electron chi connectivity index (χ4n) is 1.66. The summed E-state index contributed by atoms with van der Waals surface area (Å²) in [5.41, 5.74) is 6.69. The number of benzene rings is 1. The molecule has 0 saturated heterocycles. The van der Waals surface area contributed by atoms with Crippen molar-refractivity contribution in [3.8, 4) is 0 Å². The molecule has 0 amide bonds. The van der Waals surface area contributed by atoms with E-state index >= 15 is 0 Å². The van der Waals surface area contributed by atoms with Crippen molar-refractivity contribution in [3.05, 3.63) is 49.1 Å². The zero-order chi connectivity index (χ0) is 13.8. The number of nitrogens with zero attached hydrogens (tertiary/aromatic N) is 1. The highest BCUT2D eigenvalue weighted by Gasteiger charge is 2.08. The van der Waals surface area contributed by atoms with E-state index in [0.29, 0.717) is 17.9 Å². The van der Waals surface area contributed by atoms with Gasteiger partial charge >= 0.3 is 0 Å². The van der Waals surface area contributed by atoms with Crippen LogP contribution in [0.15, 0.2) is 34.1 Å². The molecule has 0 radical (unpaired) electrons. The van der Waals surface area contributed by atoms with E-state index in [2.05, 4.69) is 27.3 Å². The van der Waals surface area contributed by atoms with Crippen LogP contribution in [0.3, 0.4) is 0 Å². The number of halogens is 1. The number of anilines is 2. The molecule has 2 aromatic rings. The molecule has 2 rings (SSSR count). The van der Waals surface area contributed by atoms with Crippen LogP contribution >= 0.6 is 27.3 Å². The summed E-state index contributed by atoms with van der Waals surface area (Å²) in [6.45, 7) is 0.702. The van der Waals surface area contributed by atoms with E-state index in [9.17, 15) is 10.1 Å². The number of hydrogen-bond donors (Lipinski definition) is 2. The minimum absolute atomic E-state index is 0.00127. The molecule has 0 aliphatic carbocycles. The highest BCUT2D eigenvalue weighted by molar-refractivity contribution is 9.11. The van der Waals surface area contributed by atoms with Crippen LogP contribution in [0.4, 0.5) is 17.1 Å². The van der Waals surface area contributed by atoms with Crippen LogP contribution in [0.2, 0.25) is 0 Å². The maximum atomic E-state index is 10.7. The van der Waals surface area contributed by atoms with Gasteiger partial charge in [-0.25, -0.2) is 0 Å². The monoisotopic (exact) mass is 341 g/mol. The molecule has 1 aromatic carbocycles. The van der Waals surface area contributed by atoms with Crippen LogP contribution in [-0.2, 0) is 6.42 Å². The topological polar surface area (TPSA) is 81.2 Å². The molecule has 0 aliphatic rings. The molecule has 19 heavy (non-hydrogen) atoms. The van der Waals surface area contributed by atoms with Crippen molar-refractivity contribution in [2.75, 3.05) is 17.6 Å². The molecule has 7 heteroatoms. The quantitative estimate of drug-likeness (QED) is 0.494. The van der Waals surface area contributed by atoms with Gasteiger partial charge in [0.1, 0.15) is 0 Å². The number of nitro benzene ring substituents is 1. The summed E-state index contributed by atoms with van der Waals surface area (Å²) in [5.74, 6) is 0. The molecular weight excluding hydrogens is 330 g/mol. The molecule has 0 spiro atoms. The Morgan fingerprint density at radius 2 is 2.16 bits per heavy atom. The zero-order valence-electron chi connectivity index (χ0n) is 9.93. The molecule has 1 aromatic heterocycles. The molecule has 0 fully saturated rings. The minimum Gasteiger partial charge on any atom is -0.398 e. The molecule has 0 saturated carbocycles. The first-order valence-corrected chi connectivity index (χ1v) is 7.18. The third-order valence-electron chi connectivity index (χ3n) is 2.48. The molecule has 0 atom stereocenters. The summed E-state index contributed by atoms with van der Waals surface area (Å²) in [6.07, 6.45) is 0.860. The average Bonchev–Trinajstić information content (AvgIpc) is 2.74. The van der Waals surface area contributed by atoms with Gasteiger partial charge in [-0.3, -0.25) is 10.1 Å². The molecule has 0 unspecified atom stereocenters. The van der Waals surface area contributed by atoms with Crippen LogP contribution in [0.5, 0.6) is 0 Å². The van der Waals surface area contributed by atoms with Gasteiger partial charge in [-0.15, -0.1) is 11.3 Å². The number of rotatable bonds is 5. The summed E-state index contributed by atoms with van der Waals surface area (Å²) < 4.78 is 1.10. The van der Waals surface area contributed by atoms with E-state index < -0.39 is 4.92 Å². The maximum Gasteiger partial charge on any atom is 0.273 e. The SMILES string of the molecule is Nc1cc(NCCc2ccc(Br)s2)cc([N+](=O)[O-])c1. The lowest BCUT2D eigenvalue weighted by Crippen LogP contribution is -2.05. The Hall–Kier alpha value is -1.60. The van der Waals surface area contributed by atoms with Crippen LogP contribution in [0.25, 0.3) is 0 Å². The molecule has 5 nitrogen and oxygen atoms in total. The van der Waals surface area contributed by atoms with Crippen LogP contribution < -0.4 is 11.1 Å². The summed E-state index contributed by atoms with van der Waals surface area (Å²) in [4.78, 5) is 11.5. The van der Waals surface area contributed by atoms with Crippen molar-refractivity contribution in [1.82, 2.24) is 0 Å². The molecule has 3 N–H and O–H groups in total. The Bertz CT molecular complexity index is 600. The fourth-order valence-corrected chi connectivity index (χ4v) is 3.14. The van der Waals surface area contributed by atoms with E-state index in [0.717, 1.165) is 10.2 Å². The van der Waals surface area contributed by atoms with Gasteiger partial charge in [-0.05, 0) is 40.5 Å². The normalized spacial score (nSPS) is 10.4.